The number of rotatable bonds is 7. The Bertz CT molecular complexity index is 1900. The van der Waals surface area contributed by atoms with Crippen LogP contribution in [0, 0.1) is 0 Å². The van der Waals surface area contributed by atoms with E-state index in [1.165, 1.54) is 30.4 Å². The molecule has 5 rings (SSSR count). The molecule has 0 amide bonds. The molecule has 0 unspecified atom stereocenters. The summed E-state index contributed by atoms with van der Waals surface area (Å²) in [6, 6.07) is 18.5. The van der Waals surface area contributed by atoms with Gasteiger partial charge in [-0.3, -0.25) is 25.0 Å². The van der Waals surface area contributed by atoms with Crippen LogP contribution in [0.25, 0.3) is 17.2 Å². The maximum atomic E-state index is 13.0. The Labute approximate surface area is 239 Å². The fraction of sp³-hybridized carbons (Fsp3) is 0. The van der Waals surface area contributed by atoms with E-state index in [-0.39, 0.29) is 16.8 Å². The molecule has 3 aromatic rings. The number of fused-ring (bicyclic) bond motifs is 1. The van der Waals surface area contributed by atoms with Crippen LogP contribution in [0.5, 0.6) is 0 Å². The van der Waals surface area contributed by atoms with Crippen LogP contribution in [-0.2, 0) is 19.7 Å². The van der Waals surface area contributed by atoms with Crippen LogP contribution in [0.1, 0.15) is 15.9 Å². The van der Waals surface area contributed by atoms with Crippen molar-refractivity contribution in [3.63, 3.8) is 0 Å². The Hall–Kier alpha value is -5.66. The Morgan fingerprint density at radius 2 is 1.40 bits per heavy atom. The minimum Gasteiger partial charge on any atom is -0.478 e. The number of nitrogens with one attached hydrogen (secondary N) is 2. The molecule has 0 saturated heterocycles. The van der Waals surface area contributed by atoms with Crippen LogP contribution in [0.3, 0.4) is 0 Å². The van der Waals surface area contributed by atoms with E-state index in [0.717, 1.165) is 23.3 Å². The molecule has 0 atom stereocenters. The Balaban J connectivity index is 1.30. The number of carboxylic acids is 1. The molecule has 0 fully saturated rings. The summed E-state index contributed by atoms with van der Waals surface area (Å²) in [7, 11) is -4.75. The predicted octanol–water partition coefficient (Wildman–Crippen LogP) is 3.75. The van der Waals surface area contributed by atoms with Crippen molar-refractivity contribution in [3.05, 3.63) is 107 Å². The van der Waals surface area contributed by atoms with Gasteiger partial charge in [0.1, 0.15) is 10.5 Å². The topological polar surface area (TPSA) is 201 Å². The number of carbonyl (C=O) groups excluding carboxylic acids is 2. The molecule has 13 heteroatoms. The highest BCUT2D eigenvalue weighted by Gasteiger charge is 2.33. The first-order valence-corrected chi connectivity index (χ1v) is 13.6. The number of Topliss-reactive ketones (excluding diaryl/α,β-unsaturated/α-hetero) is 1. The van der Waals surface area contributed by atoms with Crippen LogP contribution < -0.4 is 16.6 Å². The molecule has 12 nitrogen and oxygen atoms in total. The number of carbonyl (C=O) groups is 3. The first kappa shape index (κ1) is 27.9. The number of hydrogen-bond donors (Lipinski definition) is 5. The minimum absolute atomic E-state index is 0.161. The molecule has 0 radical (unpaired) electrons. The number of hydrazone groups is 2. The van der Waals surface area contributed by atoms with Gasteiger partial charge in [-0.05, 0) is 77.4 Å². The number of hydrogen-bond acceptors (Lipinski definition) is 10. The van der Waals surface area contributed by atoms with E-state index in [9.17, 15) is 27.4 Å². The van der Waals surface area contributed by atoms with Gasteiger partial charge in [0.25, 0.3) is 10.1 Å². The van der Waals surface area contributed by atoms with Crippen LogP contribution in [0.2, 0.25) is 0 Å². The predicted molar refractivity (Wildman–Crippen MR) is 159 cm³/mol. The summed E-state index contributed by atoms with van der Waals surface area (Å²) in [6.45, 7) is 0. The SMILES string of the molecule is Nc1ccc2c(c1)C(=O)/C(=N\Nc1ccc(-c3ccc(N/N=C4/C=CC(=O)C(C(=O)O)=C4)cc3)cc1)C(S(=O)(=O)O)=C2. The standard InChI is InChI=1S/C29H21N5O7S/c30-19-6-1-18-13-26(42(39,40)41)27(28(36)23(18)14-19)34-32-21-9-4-17(5-10-21)16-2-7-20(8-3-16)31-33-22-11-12-25(35)24(15-22)29(37)38/h1-15,31-32H,30H2,(H,37,38)(H,39,40,41)/b33-22-,34-27-. The molecule has 2 aliphatic carbocycles. The van der Waals surface area contributed by atoms with Gasteiger partial charge in [-0.25, -0.2) is 4.79 Å². The van der Waals surface area contributed by atoms with E-state index >= 15 is 0 Å². The van der Waals surface area contributed by atoms with Crippen molar-refractivity contribution < 1.29 is 32.5 Å². The average molecular weight is 584 g/mol. The summed E-state index contributed by atoms with van der Waals surface area (Å²) in [6.07, 6.45) is 4.90. The van der Waals surface area contributed by atoms with Gasteiger partial charge in [0.2, 0.25) is 5.78 Å². The van der Waals surface area contributed by atoms with Gasteiger partial charge in [-0.1, -0.05) is 30.3 Å². The highest BCUT2D eigenvalue weighted by Crippen LogP contribution is 2.28. The summed E-state index contributed by atoms with van der Waals surface area (Å²) < 4.78 is 33.7. The highest BCUT2D eigenvalue weighted by molar-refractivity contribution is 7.91. The lowest BCUT2D eigenvalue weighted by Crippen LogP contribution is -2.27. The van der Waals surface area contributed by atoms with Crippen molar-refractivity contribution in [2.24, 2.45) is 10.2 Å². The summed E-state index contributed by atoms with van der Waals surface area (Å²) >= 11 is 0. The van der Waals surface area contributed by atoms with Crippen LogP contribution in [-0.4, -0.2) is 47.0 Å². The van der Waals surface area contributed by atoms with E-state index in [1.807, 2.05) is 12.1 Å². The molecule has 0 saturated carbocycles. The number of ketones is 2. The molecule has 3 aromatic carbocycles. The zero-order valence-electron chi connectivity index (χ0n) is 21.5. The molecular formula is C29H21N5O7S. The van der Waals surface area contributed by atoms with E-state index in [0.29, 0.717) is 22.6 Å². The molecule has 0 bridgehead atoms. The van der Waals surface area contributed by atoms with Crippen LogP contribution in [0.15, 0.2) is 106 Å². The normalized spacial score (nSPS) is 16.6. The van der Waals surface area contributed by atoms with Crippen molar-refractivity contribution in [3.8, 4) is 11.1 Å². The lowest BCUT2D eigenvalue weighted by atomic mass is 9.94. The maximum absolute atomic E-state index is 13.0. The van der Waals surface area contributed by atoms with Gasteiger partial charge >= 0.3 is 5.97 Å². The average Bonchev–Trinajstić information content (AvgIpc) is 2.96. The molecular weight excluding hydrogens is 562 g/mol. The number of anilines is 3. The third-order valence-electron chi connectivity index (χ3n) is 6.24. The molecule has 210 valence electrons. The van der Waals surface area contributed by atoms with E-state index < -0.39 is 38.3 Å². The van der Waals surface area contributed by atoms with Crippen LogP contribution >= 0.6 is 0 Å². The van der Waals surface area contributed by atoms with Crippen molar-refractivity contribution >= 4 is 62.2 Å². The second-order valence-corrected chi connectivity index (χ2v) is 10.5. The first-order valence-electron chi connectivity index (χ1n) is 12.2. The van der Waals surface area contributed by atoms with Gasteiger partial charge in [0, 0.05) is 11.3 Å². The Morgan fingerprint density at radius 1 is 0.810 bits per heavy atom. The second kappa shape index (κ2) is 11.1. The van der Waals surface area contributed by atoms with Gasteiger partial charge in [-0.15, -0.1) is 0 Å². The fourth-order valence-corrected chi connectivity index (χ4v) is 4.79. The zero-order valence-corrected chi connectivity index (χ0v) is 22.3. The molecule has 42 heavy (non-hydrogen) atoms. The van der Waals surface area contributed by atoms with Crippen LogP contribution in [0.4, 0.5) is 17.1 Å². The summed E-state index contributed by atoms with van der Waals surface area (Å²) in [5, 5.41) is 17.2. The lowest BCUT2D eigenvalue weighted by Gasteiger charge is -2.16. The lowest BCUT2D eigenvalue weighted by molar-refractivity contribution is -0.134. The summed E-state index contributed by atoms with van der Waals surface area (Å²) in [4.78, 5) is 35.1. The number of nitrogen functional groups attached to an aromatic ring is 1. The van der Waals surface area contributed by atoms with Gasteiger partial charge in [-0.2, -0.15) is 18.6 Å². The molecule has 2 aliphatic rings. The van der Waals surface area contributed by atoms with Crippen molar-refractivity contribution in [2.45, 2.75) is 0 Å². The molecule has 6 N–H and O–H groups in total. The first-order chi connectivity index (χ1) is 20.0. The zero-order chi connectivity index (χ0) is 30.0. The largest absolute Gasteiger partial charge is 0.478 e. The molecule has 0 heterocycles. The summed E-state index contributed by atoms with van der Waals surface area (Å²) in [5.41, 5.74) is 14.2. The van der Waals surface area contributed by atoms with Crippen molar-refractivity contribution in [2.75, 3.05) is 16.6 Å². The smallest absolute Gasteiger partial charge is 0.339 e. The quantitative estimate of drug-likeness (QED) is 0.0897. The number of allylic oxidation sites excluding steroid dienone is 4. The third kappa shape index (κ3) is 5.91. The molecule has 0 aromatic heterocycles. The third-order valence-corrected chi connectivity index (χ3v) is 7.11. The maximum Gasteiger partial charge on any atom is 0.339 e. The monoisotopic (exact) mass is 583 g/mol. The molecule has 0 aliphatic heterocycles. The number of benzene rings is 3. The number of nitrogens with zero attached hydrogens (tertiary/aromatic N) is 2. The van der Waals surface area contributed by atoms with E-state index in [2.05, 4.69) is 21.1 Å². The Kier molecular flexibility index (Phi) is 7.35. The van der Waals surface area contributed by atoms with Crippen molar-refractivity contribution in [1.29, 1.82) is 0 Å². The van der Waals surface area contributed by atoms with Gasteiger partial charge in [0.15, 0.2) is 11.5 Å². The van der Waals surface area contributed by atoms with Gasteiger partial charge in [0.05, 0.1) is 17.1 Å². The molecule has 0 spiro atoms. The fourth-order valence-electron chi connectivity index (χ4n) is 4.13. The number of carboxylic acid groups (broad SMARTS) is 1. The van der Waals surface area contributed by atoms with E-state index in [4.69, 9.17) is 10.8 Å². The van der Waals surface area contributed by atoms with Crippen molar-refractivity contribution in [1.82, 2.24) is 0 Å². The number of aliphatic carboxylic acids is 1. The van der Waals surface area contributed by atoms with E-state index in [1.54, 1.807) is 36.4 Å². The second-order valence-electron chi connectivity index (χ2n) is 9.10. The Morgan fingerprint density at radius 3 is 1.98 bits per heavy atom. The van der Waals surface area contributed by atoms with Gasteiger partial charge < -0.3 is 10.8 Å². The minimum atomic E-state index is -4.75. The number of nitrogens with two attached hydrogens (primary N) is 1. The highest BCUT2D eigenvalue weighted by atomic mass is 32.2. The summed E-state index contributed by atoms with van der Waals surface area (Å²) in [5.74, 6) is -2.63.